The molecule has 38 heavy (non-hydrogen) atoms. The Hall–Kier alpha value is -3.89. The minimum atomic E-state index is -0.801. The lowest BCUT2D eigenvalue weighted by molar-refractivity contribution is -0.124. The summed E-state index contributed by atoms with van der Waals surface area (Å²) in [6.07, 6.45) is 2.83. The Bertz CT molecular complexity index is 1460. The van der Waals surface area contributed by atoms with Crippen molar-refractivity contribution < 1.29 is 14.3 Å². The molecule has 1 aliphatic heterocycles. The lowest BCUT2D eigenvalue weighted by Crippen LogP contribution is -2.50. The molecule has 2 aromatic carbocycles. The molecule has 2 heterocycles. The van der Waals surface area contributed by atoms with Gasteiger partial charge in [0.25, 0.3) is 5.91 Å². The average molecular weight is 546 g/mol. The number of methoxy groups -OCH3 is 1. The Morgan fingerprint density at radius 2 is 2.05 bits per heavy atom. The summed E-state index contributed by atoms with van der Waals surface area (Å²) in [5.74, 6) is -0.521. The number of aliphatic imine (C=N–C) groups is 1. The number of amides is 2. The van der Waals surface area contributed by atoms with Crippen molar-refractivity contribution in [3.63, 3.8) is 0 Å². The number of nitrogens with zero attached hydrogens (tertiary/aromatic N) is 2. The van der Waals surface area contributed by atoms with Crippen molar-refractivity contribution in [2.75, 3.05) is 19.1 Å². The summed E-state index contributed by atoms with van der Waals surface area (Å²) in [5, 5.41) is 12.8. The molecule has 0 bridgehead atoms. The van der Waals surface area contributed by atoms with E-state index in [2.05, 4.69) is 22.5 Å². The normalized spacial score (nSPS) is 18.5. The van der Waals surface area contributed by atoms with Crippen LogP contribution < -0.4 is 20.7 Å². The fourth-order valence-electron chi connectivity index (χ4n) is 4.78. The second-order valence-electron chi connectivity index (χ2n) is 8.99. The van der Waals surface area contributed by atoms with E-state index >= 15 is 0 Å². The van der Waals surface area contributed by atoms with E-state index in [9.17, 15) is 9.59 Å². The standard InChI is InChI=1S/C28H27N5O3S2/c1-33-20-9-5-8-18-23(38-22-11-4-3-10-21(22)36-2)14-16(25(18)20)13-19(28(33)35)31-27(34)26(30)32-24(29)15-17-7-6-12-37-17/h3-12,14,16,19H,13,15H2,1-2H3,(H,31,34)(H3,29,30,32)/t16?,19-/m0/s1. The summed E-state index contributed by atoms with van der Waals surface area (Å²) in [6, 6.07) is 16.8. The van der Waals surface area contributed by atoms with Gasteiger partial charge in [0.05, 0.1) is 12.0 Å². The molecule has 2 amide bonds. The smallest absolute Gasteiger partial charge is 0.287 e. The molecule has 2 aliphatic rings. The van der Waals surface area contributed by atoms with Gasteiger partial charge in [-0.1, -0.05) is 48.2 Å². The molecule has 10 heteroatoms. The van der Waals surface area contributed by atoms with Crippen molar-refractivity contribution in [3.05, 3.63) is 82.1 Å². The Morgan fingerprint density at radius 3 is 2.82 bits per heavy atom. The predicted molar refractivity (Wildman–Crippen MR) is 153 cm³/mol. The van der Waals surface area contributed by atoms with Gasteiger partial charge in [-0.2, -0.15) is 0 Å². The van der Waals surface area contributed by atoms with E-state index in [1.54, 1.807) is 30.8 Å². The summed E-state index contributed by atoms with van der Waals surface area (Å²) >= 11 is 3.13. The van der Waals surface area contributed by atoms with Gasteiger partial charge in [-0.15, -0.1) is 11.3 Å². The fourth-order valence-corrected chi connectivity index (χ4v) is 6.64. The van der Waals surface area contributed by atoms with Gasteiger partial charge in [-0.25, -0.2) is 4.99 Å². The highest BCUT2D eigenvalue weighted by Crippen LogP contribution is 2.51. The summed E-state index contributed by atoms with van der Waals surface area (Å²) in [5.41, 5.74) is 8.88. The topological polar surface area (TPSA) is 121 Å². The third-order valence-electron chi connectivity index (χ3n) is 6.56. The molecule has 0 fully saturated rings. The Morgan fingerprint density at radius 1 is 1.24 bits per heavy atom. The van der Waals surface area contributed by atoms with E-state index in [0.717, 1.165) is 37.2 Å². The van der Waals surface area contributed by atoms with Crippen LogP contribution in [0.4, 0.5) is 5.69 Å². The average Bonchev–Trinajstić information content (AvgIpc) is 3.53. The van der Waals surface area contributed by atoms with Gasteiger partial charge in [0.15, 0.2) is 5.84 Å². The number of carbonyl (C=O) groups is 2. The minimum Gasteiger partial charge on any atom is -0.496 e. The number of benzene rings is 2. The van der Waals surface area contributed by atoms with Crippen LogP contribution in [0.1, 0.15) is 28.3 Å². The number of thioether (sulfide) groups is 1. The number of amidine groups is 2. The first-order chi connectivity index (χ1) is 18.4. The highest BCUT2D eigenvalue weighted by molar-refractivity contribution is 8.08. The number of hydrogen-bond acceptors (Lipinski definition) is 6. The van der Waals surface area contributed by atoms with Crippen LogP contribution in [0.5, 0.6) is 5.75 Å². The van der Waals surface area contributed by atoms with Crippen LogP contribution >= 0.6 is 23.1 Å². The molecule has 194 valence electrons. The van der Waals surface area contributed by atoms with E-state index in [4.69, 9.17) is 15.9 Å². The van der Waals surface area contributed by atoms with Crippen LogP contribution in [0, 0.1) is 5.41 Å². The highest BCUT2D eigenvalue weighted by atomic mass is 32.2. The zero-order valence-corrected chi connectivity index (χ0v) is 22.6. The largest absolute Gasteiger partial charge is 0.496 e. The number of carbonyl (C=O) groups excluding carboxylic acids is 2. The predicted octanol–water partition coefficient (Wildman–Crippen LogP) is 4.42. The van der Waals surface area contributed by atoms with Crippen molar-refractivity contribution in [1.29, 1.82) is 5.41 Å². The zero-order valence-electron chi connectivity index (χ0n) is 20.9. The number of anilines is 1. The van der Waals surface area contributed by atoms with E-state index < -0.39 is 11.9 Å². The van der Waals surface area contributed by atoms with E-state index in [1.807, 2.05) is 53.9 Å². The fraction of sp³-hybridized carbons (Fsp3) is 0.214. The first kappa shape index (κ1) is 25.7. The molecule has 1 aliphatic carbocycles. The number of nitrogens with two attached hydrogens (primary N) is 1. The number of hydrogen-bond donors (Lipinski definition) is 3. The number of rotatable bonds is 6. The van der Waals surface area contributed by atoms with Gasteiger partial charge < -0.3 is 20.7 Å². The number of para-hydroxylation sites is 1. The maximum atomic E-state index is 13.4. The zero-order chi connectivity index (χ0) is 26.8. The van der Waals surface area contributed by atoms with Gasteiger partial charge in [0, 0.05) is 34.9 Å². The second-order valence-corrected chi connectivity index (χ2v) is 11.1. The summed E-state index contributed by atoms with van der Waals surface area (Å²) in [6.45, 7) is 0. The maximum Gasteiger partial charge on any atom is 0.287 e. The molecular formula is C28H27N5O3S2. The molecule has 5 rings (SSSR count). The summed E-state index contributed by atoms with van der Waals surface area (Å²) < 4.78 is 5.54. The Kier molecular flexibility index (Phi) is 7.35. The molecule has 0 spiro atoms. The molecule has 0 saturated carbocycles. The highest BCUT2D eigenvalue weighted by Gasteiger charge is 2.38. The van der Waals surface area contributed by atoms with Crippen LogP contribution in [-0.2, 0) is 16.0 Å². The van der Waals surface area contributed by atoms with Crippen LogP contribution in [0.2, 0.25) is 0 Å². The molecule has 3 aromatic rings. The van der Waals surface area contributed by atoms with Crippen LogP contribution in [0.3, 0.4) is 0 Å². The molecule has 0 radical (unpaired) electrons. The SMILES string of the molecule is COc1ccccc1SC1=CC2C[C@H](NC(=O)C(N)=NC(=N)Cc3cccs3)C(=O)N(C)c3cccc1c32. The quantitative estimate of drug-likeness (QED) is 0.313. The van der Waals surface area contributed by atoms with Gasteiger partial charge in [-0.05, 0) is 47.2 Å². The minimum absolute atomic E-state index is 0.0156. The number of likely N-dealkylation sites (N-methyl/N-ethyl adjacent to an activating group) is 1. The number of ether oxygens (including phenoxy) is 1. The molecule has 4 N–H and O–H groups in total. The third kappa shape index (κ3) is 5.09. The van der Waals surface area contributed by atoms with Crippen LogP contribution in [0.25, 0.3) is 4.91 Å². The second kappa shape index (κ2) is 10.8. The van der Waals surface area contributed by atoms with Crippen molar-refractivity contribution in [3.8, 4) is 5.75 Å². The summed E-state index contributed by atoms with van der Waals surface area (Å²) in [4.78, 5) is 34.9. The van der Waals surface area contributed by atoms with Crippen LogP contribution in [0.15, 0.2) is 75.9 Å². The van der Waals surface area contributed by atoms with E-state index in [-0.39, 0.29) is 29.9 Å². The molecular weight excluding hydrogens is 518 g/mol. The van der Waals surface area contributed by atoms with Crippen LogP contribution in [-0.4, -0.2) is 43.7 Å². The lowest BCUT2D eigenvalue weighted by Gasteiger charge is -2.22. The molecule has 2 atom stereocenters. The molecule has 1 aromatic heterocycles. The first-order valence-corrected chi connectivity index (χ1v) is 13.7. The van der Waals surface area contributed by atoms with Gasteiger partial charge in [0.1, 0.15) is 17.6 Å². The van der Waals surface area contributed by atoms with Gasteiger partial charge in [-0.3, -0.25) is 15.0 Å². The van der Waals surface area contributed by atoms with Gasteiger partial charge in [0.2, 0.25) is 5.91 Å². The Balaban J connectivity index is 1.38. The molecule has 8 nitrogen and oxygen atoms in total. The summed E-state index contributed by atoms with van der Waals surface area (Å²) in [7, 11) is 3.38. The monoisotopic (exact) mass is 545 g/mol. The van der Waals surface area contributed by atoms with E-state index in [1.165, 1.54) is 11.3 Å². The van der Waals surface area contributed by atoms with Crippen molar-refractivity contribution >= 4 is 57.2 Å². The number of allylic oxidation sites excluding steroid dienone is 1. The molecule has 0 saturated heterocycles. The lowest BCUT2D eigenvalue weighted by atomic mass is 9.94. The first-order valence-electron chi connectivity index (χ1n) is 12.0. The number of thiophene rings is 1. The maximum absolute atomic E-state index is 13.4. The van der Waals surface area contributed by atoms with Gasteiger partial charge >= 0.3 is 0 Å². The number of nitrogens with one attached hydrogen (secondary N) is 2. The Labute approximate surface area is 229 Å². The van der Waals surface area contributed by atoms with E-state index in [0.29, 0.717) is 6.42 Å². The molecule has 1 unspecified atom stereocenters. The van der Waals surface area contributed by atoms with Crippen molar-refractivity contribution in [2.24, 2.45) is 10.7 Å². The van der Waals surface area contributed by atoms with Crippen molar-refractivity contribution in [2.45, 2.75) is 29.7 Å². The third-order valence-corrected chi connectivity index (χ3v) is 8.57. The van der Waals surface area contributed by atoms with Crippen molar-refractivity contribution in [1.82, 2.24) is 5.32 Å².